The van der Waals surface area contributed by atoms with E-state index in [9.17, 15) is 0 Å². The standard InChI is InChI=1S/C8H19N3S/c1-6(9)11-7(12)10-5-8(2,3)4/h6H,5,9H2,1-4H3,(H2,10,11,12). The number of nitrogens with two attached hydrogens (primary N) is 1. The van der Waals surface area contributed by atoms with Crippen molar-refractivity contribution in [3.05, 3.63) is 0 Å². The van der Waals surface area contributed by atoms with Gasteiger partial charge >= 0.3 is 0 Å². The summed E-state index contributed by atoms with van der Waals surface area (Å²) in [5.41, 5.74) is 5.73. The highest BCUT2D eigenvalue weighted by atomic mass is 32.1. The minimum absolute atomic E-state index is 0.0926. The summed E-state index contributed by atoms with van der Waals surface area (Å²) in [5.74, 6) is 0. The number of thiocarbonyl (C=S) groups is 1. The summed E-state index contributed by atoms with van der Waals surface area (Å²) >= 11 is 5.00. The molecule has 1 atom stereocenters. The van der Waals surface area contributed by atoms with Gasteiger partial charge in [0.2, 0.25) is 0 Å². The number of rotatable bonds is 2. The average molecular weight is 189 g/mol. The molecule has 4 heteroatoms. The third kappa shape index (κ3) is 7.75. The molecule has 4 N–H and O–H groups in total. The molecule has 72 valence electrons. The van der Waals surface area contributed by atoms with Crippen molar-refractivity contribution in [1.82, 2.24) is 10.6 Å². The van der Waals surface area contributed by atoms with Crippen LogP contribution < -0.4 is 16.4 Å². The van der Waals surface area contributed by atoms with Gasteiger partial charge in [-0.2, -0.15) is 0 Å². The van der Waals surface area contributed by atoms with Gasteiger partial charge in [0.1, 0.15) is 0 Å². The van der Waals surface area contributed by atoms with Crippen LogP contribution in [-0.4, -0.2) is 17.8 Å². The van der Waals surface area contributed by atoms with E-state index in [1.54, 1.807) is 0 Å². The van der Waals surface area contributed by atoms with Gasteiger partial charge < -0.3 is 16.4 Å². The summed E-state index contributed by atoms with van der Waals surface area (Å²) in [6.07, 6.45) is -0.0926. The zero-order valence-electron chi connectivity index (χ0n) is 8.27. The van der Waals surface area contributed by atoms with Crippen LogP contribution in [0, 0.1) is 5.41 Å². The minimum Gasteiger partial charge on any atom is -0.362 e. The molecule has 0 rings (SSSR count). The second-order valence-electron chi connectivity index (χ2n) is 4.18. The number of nitrogens with one attached hydrogen (secondary N) is 2. The molecule has 0 aromatic heterocycles. The molecule has 0 radical (unpaired) electrons. The lowest BCUT2D eigenvalue weighted by atomic mass is 9.97. The zero-order valence-corrected chi connectivity index (χ0v) is 9.09. The Bertz CT molecular complexity index is 149. The van der Waals surface area contributed by atoms with E-state index in [2.05, 4.69) is 31.4 Å². The molecule has 0 aliphatic heterocycles. The maximum atomic E-state index is 5.49. The van der Waals surface area contributed by atoms with Crippen LogP contribution in [0.25, 0.3) is 0 Å². The molecule has 0 aliphatic carbocycles. The molecule has 0 fully saturated rings. The molecule has 0 aliphatic rings. The average Bonchev–Trinajstić information content (AvgIpc) is 1.80. The lowest BCUT2D eigenvalue weighted by molar-refractivity contribution is 0.407. The van der Waals surface area contributed by atoms with Crippen molar-refractivity contribution in [1.29, 1.82) is 0 Å². The first kappa shape index (κ1) is 11.6. The van der Waals surface area contributed by atoms with E-state index in [1.165, 1.54) is 0 Å². The van der Waals surface area contributed by atoms with Crippen molar-refractivity contribution in [2.45, 2.75) is 33.9 Å². The molecular formula is C8H19N3S. The Hall–Kier alpha value is -0.350. The number of hydrogen-bond acceptors (Lipinski definition) is 2. The van der Waals surface area contributed by atoms with Crippen LogP contribution in [0.1, 0.15) is 27.7 Å². The van der Waals surface area contributed by atoms with E-state index in [-0.39, 0.29) is 11.6 Å². The van der Waals surface area contributed by atoms with Gasteiger partial charge in [0.25, 0.3) is 0 Å². The lowest BCUT2D eigenvalue weighted by Gasteiger charge is -2.21. The lowest BCUT2D eigenvalue weighted by Crippen LogP contribution is -2.46. The van der Waals surface area contributed by atoms with Gasteiger partial charge in [-0.05, 0) is 24.6 Å². The van der Waals surface area contributed by atoms with E-state index < -0.39 is 0 Å². The van der Waals surface area contributed by atoms with E-state index in [0.717, 1.165) is 6.54 Å². The zero-order chi connectivity index (χ0) is 9.78. The maximum Gasteiger partial charge on any atom is 0.167 e. The minimum atomic E-state index is -0.0926. The van der Waals surface area contributed by atoms with Crippen molar-refractivity contribution in [2.75, 3.05) is 6.54 Å². The third-order valence-corrected chi connectivity index (χ3v) is 1.40. The Morgan fingerprint density at radius 2 is 2.00 bits per heavy atom. The van der Waals surface area contributed by atoms with E-state index in [4.69, 9.17) is 18.0 Å². The Morgan fingerprint density at radius 3 is 2.33 bits per heavy atom. The first-order valence-corrected chi connectivity index (χ1v) is 4.52. The van der Waals surface area contributed by atoms with Crippen molar-refractivity contribution < 1.29 is 0 Å². The quantitative estimate of drug-likeness (QED) is 0.444. The van der Waals surface area contributed by atoms with E-state index in [1.807, 2.05) is 6.92 Å². The topological polar surface area (TPSA) is 50.1 Å². The third-order valence-electron chi connectivity index (χ3n) is 1.14. The monoisotopic (exact) mass is 189 g/mol. The first-order valence-electron chi connectivity index (χ1n) is 4.11. The van der Waals surface area contributed by atoms with E-state index in [0.29, 0.717) is 5.11 Å². The Morgan fingerprint density at radius 1 is 1.50 bits per heavy atom. The van der Waals surface area contributed by atoms with Gasteiger partial charge in [-0.25, -0.2) is 0 Å². The summed E-state index contributed by atoms with van der Waals surface area (Å²) in [7, 11) is 0. The van der Waals surface area contributed by atoms with Crippen LogP contribution in [0.15, 0.2) is 0 Å². The summed E-state index contributed by atoms with van der Waals surface area (Å²) < 4.78 is 0. The second-order valence-corrected chi connectivity index (χ2v) is 4.58. The van der Waals surface area contributed by atoms with Crippen LogP contribution in [0.5, 0.6) is 0 Å². The first-order chi connectivity index (χ1) is 5.31. The van der Waals surface area contributed by atoms with Crippen LogP contribution in [0.2, 0.25) is 0 Å². The van der Waals surface area contributed by atoms with Crippen molar-refractivity contribution in [3.8, 4) is 0 Å². The summed E-state index contributed by atoms with van der Waals surface area (Å²) in [5, 5.41) is 6.63. The number of hydrogen-bond donors (Lipinski definition) is 3. The van der Waals surface area contributed by atoms with Crippen LogP contribution in [0.4, 0.5) is 0 Å². The summed E-state index contributed by atoms with van der Waals surface area (Å²) in [6.45, 7) is 9.15. The molecule has 0 aromatic carbocycles. The molecule has 3 nitrogen and oxygen atoms in total. The van der Waals surface area contributed by atoms with Crippen molar-refractivity contribution in [3.63, 3.8) is 0 Å². The Labute approximate surface area is 80.1 Å². The predicted octanol–water partition coefficient (Wildman–Crippen LogP) is 0.801. The molecule has 0 amide bonds. The van der Waals surface area contributed by atoms with Crippen molar-refractivity contribution in [2.24, 2.45) is 11.1 Å². The maximum absolute atomic E-state index is 5.49. The highest BCUT2D eigenvalue weighted by Crippen LogP contribution is 2.09. The fourth-order valence-corrected chi connectivity index (χ4v) is 0.861. The molecule has 0 saturated carbocycles. The highest BCUT2D eigenvalue weighted by Gasteiger charge is 2.10. The molecule has 0 spiro atoms. The SMILES string of the molecule is CC(N)NC(=S)NCC(C)(C)C. The van der Waals surface area contributed by atoms with Gasteiger partial charge in [0.15, 0.2) is 5.11 Å². The van der Waals surface area contributed by atoms with Gasteiger partial charge in [-0.3, -0.25) is 0 Å². The molecule has 12 heavy (non-hydrogen) atoms. The molecule has 0 aromatic rings. The van der Waals surface area contributed by atoms with Gasteiger partial charge in [0.05, 0.1) is 6.17 Å². The van der Waals surface area contributed by atoms with Gasteiger partial charge in [-0.15, -0.1) is 0 Å². The fourth-order valence-electron chi connectivity index (χ4n) is 0.603. The van der Waals surface area contributed by atoms with Crippen LogP contribution in [0.3, 0.4) is 0 Å². The summed E-state index contributed by atoms with van der Waals surface area (Å²) in [6, 6.07) is 0. The molecule has 0 bridgehead atoms. The van der Waals surface area contributed by atoms with Crippen molar-refractivity contribution >= 4 is 17.3 Å². The van der Waals surface area contributed by atoms with E-state index >= 15 is 0 Å². The molecular weight excluding hydrogens is 170 g/mol. The molecule has 1 unspecified atom stereocenters. The smallest absolute Gasteiger partial charge is 0.167 e. The van der Waals surface area contributed by atoms with Crippen LogP contribution >= 0.6 is 12.2 Å². The normalized spacial score (nSPS) is 13.8. The summed E-state index contributed by atoms with van der Waals surface area (Å²) in [4.78, 5) is 0. The van der Waals surface area contributed by atoms with Gasteiger partial charge in [-0.1, -0.05) is 20.8 Å². The Kier molecular flexibility index (Phi) is 4.49. The predicted molar refractivity (Wildman–Crippen MR) is 56.8 cm³/mol. The fraction of sp³-hybridized carbons (Fsp3) is 0.875. The largest absolute Gasteiger partial charge is 0.362 e. The van der Waals surface area contributed by atoms with Crippen LogP contribution in [-0.2, 0) is 0 Å². The highest BCUT2D eigenvalue weighted by molar-refractivity contribution is 7.80. The molecule has 0 saturated heterocycles. The Balaban J connectivity index is 3.58. The molecule has 0 heterocycles. The van der Waals surface area contributed by atoms with Gasteiger partial charge in [0, 0.05) is 6.54 Å². The second kappa shape index (κ2) is 4.62.